The largest absolute Gasteiger partial charge is 0.598 e. The van der Waals surface area contributed by atoms with Gasteiger partial charge in [-0.05, 0) is 58.2 Å². The summed E-state index contributed by atoms with van der Waals surface area (Å²) in [6.07, 6.45) is -2.49. The first kappa shape index (κ1) is 19.2. The second kappa shape index (κ2) is 7.62. The Hall–Kier alpha value is -0.850. The highest BCUT2D eigenvalue weighted by Gasteiger charge is 2.28. The highest BCUT2D eigenvalue weighted by molar-refractivity contribution is 7.90. The van der Waals surface area contributed by atoms with Crippen LogP contribution in [0.1, 0.15) is 50.4 Å². The zero-order valence-corrected chi connectivity index (χ0v) is 14.8. The van der Waals surface area contributed by atoms with Crippen molar-refractivity contribution in [2.45, 2.75) is 58.8 Å². The first-order chi connectivity index (χ1) is 10.0. The second-order valence-corrected chi connectivity index (χ2v) is 8.40. The van der Waals surface area contributed by atoms with Crippen LogP contribution < -0.4 is 9.46 Å². The number of aryl methyl sites for hydroxylation is 2. The summed E-state index contributed by atoms with van der Waals surface area (Å²) in [7, 11) is 0. The number of benzene rings is 1. The monoisotopic (exact) mass is 333 g/mol. The third-order valence-electron chi connectivity index (χ3n) is 3.18. The molecule has 1 aromatic rings. The lowest BCUT2D eigenvalue weighted by Gasteiger charge is -2.27. The van der Waals surface area contributed by atoms with Crippen LogP contribution in [-0.4, -0.2) is 22.3 Å². The number of hydrogen-bond donors (Lipinski definition) is 1. The van der Waals surface area contributed by atoms with Crippen LogP contribution in [0, 0.1) is 13.8 Å². The summed E-state index contributed by atoms with van der Waals surface area (Å²) in [5, 5.41) is 0. The van der Waals surface area contributed by atoms with Crippen molar-refractivity contribution in [3.8, 4) is 5.75 Å². The van der Waals surface area contributed by atoms with Crippen LogP contribution in [0.4, 0.5) is 8.78 Å². The van der Waals surface area contributed by atoms with Gasteiger partial charge in [0.25, 0.3) is 6.43 Å². The fourth-order valence-electron chi connectivity index (χ4n) is 2.01. The molecule has 0 aliphatic carbocycles. The van der Waals surface area contributed by atoms with Crippen molar-refractivity contribution in [1.82, 2.24) is 4.72 Å². The number of rotatable bonds is 6. The van der Waals surface area contributed by atoms with Crippen molar-refractivity contribution in [2.24, 2.45) is 0 Å². The molecule has 1 N–H and O–H groups in total. The molecule has 22 heavy (non-hydrogen) atoms. The SMILES string of the molecule is Cc1cc([C@@H](C)N[S@+]([O-])C(C)(C)C)cc(C)c1OCC(F)F. The number of hydrogen-bond acceptors (Lipinski definition) is 3. The molecular weight excluding hydrogens is 308 g/mol. The summed E-state index contributed by atoms with van der Waals surface area (Å²) in [6.45, 7) is 10.7. The predicted octanol–water partition coefficient (Wildman–Crippen LogP) is 4.06. The molecule has 0 saturated heterocycles. The molecule has 0 radical (unpaired) electrons. The van der Waals surface area contributed by atoms with Crippen LogP contribution >= 0.6 is 0 Å². The van der Waals surface area contributed by atoms with E-state index in [0.717, 1.165) is 16.7 Å². The van der Waals surface area contributed by atoms with E-state index in [-0.39, 0.29) is 10.8 Å². The average Bonchev–Trinajstić information content (AvgIpc) is 2.35. The number of alkyl halides is 2. The summed E-state index contributed by atoms with van der Waals surface area (Å²) in [4.78, 5) is 0. The summed E-state index contributed by atoms with van der Waals surface area (Å²) in [5.74, 6) is 0.494. The standard InChI is InChI=1S/C16H25F2NO2S/c1-10-7-13(12(3)19-22(20)16(4,5)6)8-11(2)15(10)21-9-14(17)18/h7-8,12,14,19H,9H2,1-6H3/t12-,22-/m1/s1. The third kappa shape index (κ3) is 5.41. The molecule has 0 heterocycles. The van der Waals surface area contributed by atoms with Crippen molar-refractivity contribution in [2.75, 3.05) is 6.61 Å². The predicted molar refractivity (Wildman–Crippen MR) is 86.9 cm³/mol. The summed E-state index contributed by atoms with van der Waals surface area (Å²) in [6, 6.07) is 3.65. The second-order valence-electron chi connectivity index (χ2n) is 6.41. The van der Waals surface area contributed by atoms with Gasteiger partial charge in [-0.25, -0.2) is 8.78 Å². The molecule has 0 aliphatic heterocycles. The Labute approximate surface area is 134 Å². The molecule has 3 nitrogen and oxygen atoms in total. The smallest absolute Gasteiger partial charge is 0.272 e. The van der Waals surface area contributed by atoms with Crippen molar-refractivity contribution in [3.63, 3.8) is 0 Å². The Bertz CT molecular complexity index is 480. The van der Waals surface area contributed by atoms with Crippen molar-refractivity contribution in [1.29, 1.82) is 0 Å². The third-order valence-corrected chi connectivity index (χ3v) is 4.86. The lowest BCUT2D eigenvalue weighted by atomic mass is 10.0. The van der Waals surface area contributed by atoms with E-state index in [9.17, 15) is 13.3 Å². The van der Waals surface area contributed by atoms with E-state index in [2.05, 4.69) is 4.72 Å². The van der Waals surface area contributed by atoms with Gasteiger partial charge < -0.3 is 9.29 Å². The van der Waals surface area contributed by atoms with Crippen molar-refractivity contribution in [3.05, 3.63) is 28.8 Å². The molecule has 0 aliphatic rings. The lowest BCUT2D eigenvalue weighted by molar-refractivity contribution is 0.0812. The number of ether oxygens (including phenoxy) is 1. The van der Waals surface area contributed by atoms with E-state index < -0.39 is 24.4 Å². The van der Waals surface area contributed by atoms with Crippen molar-refractivity contribution < 1.29 is 18.1 Å². The fraction of sp³-hybridized carbons (Fsp3) is 0.625. The highest BCUT2D eigenvalue weighted by atomic mass is 32.2. The molecule has 0 spiro atoms. The molecule has 0 amide bonds. The van der Waals surface area contributed by atoms with Crippen LogP contribution in [0.2, 0.25) is 0 Å². The van der Waals surface area contributed by atoms with Gasteiger partial charge in [0.15, 0.2) is 0 Å². The molecule has 2 atom stereocenters. The normalized spacial score (nSPS) is 15.0. The lowest BCUT2D eigenvalue weighted by Crippen LogP contribution is -2.40. The summed E-state index contributed by atoms with van der Waals surface area (Å²) in [5.41, 5.74) is 2.55. The Kier molecular flexibility index (Phi) is 6.65. The molecule has 0 unspecified atom stereocenters. The molecule has 0 fully saturated rings. The topological polar surface area (TPSA) is 44.3 Å². The maximum Gasteiger partial charge on any atom is 0.272 e. The van der Waals surface area contributed by atoms with Gasteiger partial charge >= 0.3 is 0 Å². The van der Waals surface area contributed by atoms with Crippen molar-refractivity contribution >= 4 is 11.4 Å². The van der Waals surface area contributed by atoms with Gasteiger partial charge in [-0.15, -0.1) is 4.72 Å². The summed E-state index contributed by atoms with van der Waals surface area (Å²) < 4.78 is 44.6. The van der Waals surface area contributed by atoms with E-state index in [1.807, 2.05) is 53.7 Å². The zero-order valence-electron chi connectivity index (χ0n) is 14.0. The first-order valence-corrected chi connectivity index (χ1v) is 8.37. The van der Waals surface area contributed by atoms with E-state index in [1.165, 1.54) is 0 Å². The van der Waals surface area contributed by atoms with Gasteiger partial charge in [0.05, 0.1) is 6.04 Å². The van der Waals surface area contributed by atoms with Gasteiger partial charge in [0, 0.05) is 11.4 Å². The Morgan fingerprint density at radius 2 is 1.73 bits per heavy atom. The summed E-state index contributed by atoms with van der Waals surface area (Å²) >= 11 is -1.18. The Morgan fingerprint density at radius 3 is 2.14 bits per heavy atom. The minimum Gasteiger partial charge on any atom is -0.598 e. The maximum absolute atomic E-state index is 12.3. The average molecular weight is 333 g/mol. The van der Waals surface area contributed by atoms with E-state index in [0.29, 0.717) is 5.75 Å². The number of halogens is 2. The Balaban J connectivity index is 2.89. The first-order valence-electron chi connectivity index (χ1n) is 7.22. The maximum atomic E-state index is 12.3. The molecular formula is C16H25F2NO2S. The van der Waals surface area contributed by atoms with Gasteiger partial charge in [-0.1, -0.05) is 12.1 Å². The van der Waals surface area contributed by atoms with Crippen LogP contribution in [0.3, 0.4) is 0 Å². The number of nitrogens with one attached hydrogen (secondary N) is 1. The fourth-order valence-corrected chi connectivity index (χ4v) is 2.82. The van der Waals surface area contributed by atoms with Gasteiger partial charge in [-0.2, -0.15) is 0 Å². The molecule has 6 heteroatoms. The molecule has 126 valence electrons. The molecule has 0 bridgehead atoms. The van der Waals surface area contributed by atoms with Gasteiger partial charge in [0.2, 0.25) is 0 Å². The molecule has 1 aromatic carbocycles. The van der Waals surface area contributed by atoms with Crippen LogP contribution in [-0.2, 0) is 11.4 Å². The van der Waals surface area contributed by atoms with E-state index >= 15 is 0 Å². The van der Waals surface area contributed by atoms with Crippen LogP contribution in [0.15, 0.2) is 12.1 Å². The quantitative estimate of drug-likeness (QED) is 0.799. The minimum atomic E-state index is -2.49. The molecule has 1 rings (SSSR count). The van der Waals surface area contributed by atoms with E-state index in [1.54, 1.807) is 0 Å². The van der Waals surface area contributed by atoms with Crippen LogP contribution in [0.5, 0.6) is 5.75 Å². The zero-order chi connectivity index (χ0) is 17.1. The highest BCUT2D eigenvalue weighted by Crippen LogP contribution is 2.29. The van der Waals surface area contributed by atoms with E-state index in [4.69, 9.17) is 4.74 Å². The molecule has 0 aromatic heterocycles. The Morgan fingerprint density at radius 1 is 1.23 bits per heavy atom. The van der Waals surface area contributed by atoms with Gasteiger partial charge in [-0.3, -0.25) is 0 Å². The minimum absolute atomic E-state index is 0.110. The molecule has 0 saturated carbocycles. The van der Waals surface area contributed by atoms with Gasteiger partial charge in [0.1, 0.15) is 17.1 Å². The van der Waals surface area contributed by atoms with Crippen LogP contribution in [0.25, 0.3) is 0 Å².